The summed E-state index contributed by atoms with van der Waals surface area (Å²) in [6, 6.07) is 15.4. The molecule has 1 aromatic heterocycles. The topological polar surface area (TPSA) is 103 Å². The highest BCUT2D eigenvalue weighted by Crippen LogP contribution is 2.32. The van der Waals surface area contributed by atoms with Crippen molar-refractivity contribution in [2.75, 3.05) is 51.9 Å². The van der Waals surface area contributed by atoms with Gasteiger partial charge in [0.05, 0.1) is 26.9 Å². The second-order valence-electron chi connectivity index (χ2n) is 8.80. The zero-order valence-electron chi connectivity index (χ0n) is 21.1. The first kappa shape index (κ1) is 25.5. The van der Waals surface area contributed by atoms with Gasteiger partial charge >= 0.3 is 0 Å². The van der Waals surface area contributed by atoms with E-state index in [1.165, 1.54) is 0 Å². The fourth-order valence-electron chi connectivity index (χ4n) is 3.86. The molecule has 36 heavy (non-hydrogen) atoms. The average Bonchev–Trinajstić information content (AvgIpc) is 3.29. The first-order valence-electron chi connectivity index (χ1n) is 12.2. The van der Waals surface area contributed by atoms with E-state index in [9.17, 15) is 4.79 Å². The number of hydrogen-bond donors (Lipinski definition) is 2. The summed E-state index contributed by atoms with van der Waals surface area (Å²) in [5, 5.41) is 11.0. The second kappa shape index (κ2) is 12.4. The van der Waals surface area contributed by atoms with Gasteiger partial charge < -0.3 is 24.8 Å². The van der Waals surface area contributed by atoms with Gasteiger partial charge in [-0.2, -0.15) is 4.98 Å². The Hall–Kier alpha value is -3.63. The minimum Gasteiger partial charge on any atom is -0.493 e. The van der Waals surface area contributed by atoms with Gasteiger partial charge in [-0.1, -0.05) is 18.2 Å². The highest BCUT2D eigenvalue weighted by molar-refractivity contribution is 5.78. The van der Waals surface area contributed by atoms with Crippen molar-refractivity contribution in [3.05, 3.63) is 48.5 Å². The maximum Gasteiger partial charge on any atom is 0.258 e. The Labute approximate surface area is 211 Å². The minimum absolute atomic E-state index is 0.0495. The Morgan fingerprint density at radius 1 is 1.08 bits per heavy atom. The smallest absolute Gasteiger partial charge is 0.258 e. The molecule has 2 aromatic carbocycles. The summed E-state index contributed by atoms with van der Waals surface area (Å²) in [6.07, 6.45) is 0. The van der Waals surface area contributed by atoms with E-state index in [1.54, 1.807) is 13.2 Å². The number of nitrogens with one attached hydrogen (secondary N) is 2. The van der Waals surface area contributed by atoms with Crippen molar-refractivity contribution in [1.82, 2.24) is 25.0 Å². The third-order valence-corrected chi connectivity index (χ3v) is 5.66. The first-order chi connectivity index (χ1) is 17.5. The molecule has 1 saturated heterocycles. The van der Waals surface area contributed by atoms with Gasteiger partial charge in [0.25, 0.3) is 5.91 Å². The van der Waals surface area contributed by atoms with Gasteiger partial charge in [-0.05, 0) is 44.2 Å². The van der Waals surface area contributed by atoms with Gasteiger partial charge in [0, 0.05) is 36.9 Å². The molecule has 1 aliphatic heterocycles. The summed E-state index contributed by atoms with van der Waals surface area (Å²) >= 11 is 0. The number of morpholine rings is 1. The molecule has 0 aliphatic carbocycles. The van der Waals surface area contributed by atoms with Gasteiger partial charge in [0.2, 0.25) is 5.95 Å². The Morgan fingerprint density at radius 3 is 2.58 bits per heavy atom. The molecule has 4 rings (SSSR count). The molecule has 0 spiro atoms. The molecule has 1 fully saturated rings. The van der Waals surface area contributed by atoms with Crippen molar-refractivity contribution in [2.45, 2.75) is 26.4 Å². The molecule has 10 nitrogen and oxygen atoms in total. The van der Waals surface area contributed by atoms with Crippen LogP contribution in [-0.4, -0.2) is 78.2 Å². The van der Waals surface area contributed by atoms with Crippen LogP contribution < -0.4 is 20.1 Å². The van der Waals surface area contributed by atoms with Crippen LogP contribution in [0.1, 0.15) is 13.8 Å². The van der Waals surface area contributed by atoms with Crippen LogP contribution >= 0.6 is 0 Å². The lowest BCUT2D eigenvalue weighted by molar-refractivity contribution is -0.123. The second-order valence-corrected chi connectivity index (χ2v) is 8.80. The molecule has 0 saturated carbocycles. The SMILES string of the molecule is COc1cc(-c2nc(Nc3ccccc3)n(CCN3CCOCC3)n2)ccc1OCC(=O)NC(C)C. The van der Waals surface area contributed by atoms with Crippen molar-refractivity contribution >= 4 is 17.5 Å². The van der Waals surface area contributed by atoms with Crippen molar-refractivity contribution in [3.63, 3.8) is 0 Å². The standard InChI is InChI=1S/C26H34N6O4/c1-19(2)27-24(33)18-36-22-10-9-20(17-23(22)34-3)25-29-26(28-21-7-5-4-6-8-21)32(30-25)12-11-31-13-15-35-16-14-31/h4-10,17,19H,11-16,18H2,1-3H3,(H,27,33)(H,28,29,30). The molecule has 0 bridgehead atoms. The van der Waals surface area contributed by atoms with Crippen LogP contribution in [0.2, 0.25) is 0 Å². The van der Waals surface area contributed by atoms with E-state index in [0.717, 1.165) is 44.1 Å². The largest absolute Gasteiger partial charge is 0.493 e. The maximum absolute atomic E-state index is 12.0. The van der Waals surface area contributed by atoms with E-state index in [0.29, 0.717) is 29.8 Å². The molecule has 0 unspecified atom stereocenters. The summed E-state index contributed by atoms with van der Waals surface area (Å²) in [7, 11) is 1.57. The Morgan fingerprint density at radius 2 is 1.86 bits per heavy atom. The van der Waals surface area contributed by atoms with Crippen LogP contribution in [0.15, 0.2) is 48.5 Å². The lowest BCUT2D eigenvalue weighted by Crippen LogP contribution is -2.38. The maximum atomic E-state index is 12.0. The molecule has 1 aliphatic rings. The molecule has 3 aromatic rings. The van der Waals surface area contributed by atoms with Crippen molar-refractivity contribution in [3.8, 4) is 22.9 Å². The van der Waals surface area contributed by atoms with E-state index in [4.69, 9.17) is 24.3 Å². The number of nitrogens with zero attached hydrogens (tertiary/aromatic N) is 4. The summed E-state index contributed by atoms with van der Waals surface area (Å²) in [4.78, 5) is 19.1. The van der Waals surface area contributed by atoms with Crippen LogP contribution in [0.25, 0.3) is 11.4 Å². The van der Waals surface area contributed by atoms with Crippen molar-refractivity contribution in [1.29, 1.82) is 0 Å². The van der Waals surface area contributed by atoms with Crippen LogP contribution in [0.3, 0.4) is 0 Å². The number of methoxy groups -OCH3 is 1. The summed E-state index contributed by atoms with van der Waals surface area (Å²) < 4.78 is 18.6. The Balaban J connectivity index is 1.53. The fourth-order valence-corrected chi connectivity index (χ4v) is 3.86. The van der Waals surface area contributed by atoms with E-state index in [2.05, 4.69) is 15.5 Å². The number of ether oxygens (including phenoxy) is 3. The summed E-state index contributed by atoms with van der Waals surface area (Å²) in [5.41, 5.74) is 1.72. The van der Waals surface area contributed by atoms with Gasteiger partial charge in [-0.25, -0.2) is 4.68 Å². The highest BCUT2D eigenvalue weighted by Gasteiger charge is 2.17. The quantitative estimate of drug-likeness (QED) is 0.420. The van der Waals surface area contributed by atoms with Gasteiger partial charge in [0.1, 0.15) is 0 Å². The molecular weight excluding hydrogens is 460 g/mol. The number of carbonyl (C=O) groups excluding carboxylic acids is 1. The third-order valence-electron chi connectivity index (χ3n) is 5.66. The van der Waals surface area contributed by atoms with Crippen LogP contribution in [0, 0.1) is 0 Å². The summed E-state index contributed by atoms with van der Waals surface area (Å²) in [5.74, 6) is 2.03. The fraction of sp³-hybridized carbons (Fsp3) is 0.423. The summed E-state index contributed by atoms with van der Waals surface area (Å²) in [6.45, 7) is 8.59. The first-order valence-corrected chi connectivity index (χ1v) is 12.2. The molecule has 0 radical (unpaired) electrons. The number of amides is 1. The number of anilines is 2. The molecule has 2 N–H and O–H groups in total. The molecular formula is C26H34N6O4. The number of carbonyl (C=O) groups is 1. The predicted molar refractivity (Wildman–Crippen MR) is 138 cm³/mol. The van der Waals surface area contributed by atoms with E-state index < -0.39 is 0 Å². The van der Waals surface area contributed by atoms with Gasteiger partial charge in [-0.3, -0.25) is 9.69 Å². The molecule has 10 heteroatoms. The Bertz CT molecular complexity index is 1130. The average molecular weight is 495 g/mol. The number of benzene rings is 2. The number of hydrogen-bond acceptors (Lipinski definition) is 8. The van der Waals surface area contributed by atoms with Crippen molar-refractivity contribution < 1.29 is 19.0 Å². The molecule has 2 heterocycles. The predicted octanol–water partition coefficient (Wildman–Crippen LogP) is 2.93. The normalized spacial score (nSPS) is 14.0. The molecule has 192 valence electrons. The number of aromatic nitrogens is 3. The van der Waals surface area contributed by atoms with Crippen LogP contribution in [0.5, 0.6) is 11.5 Å². The van der Waals surface area contributed by atoms with E-state index in [-0.39, 0.29) is 18.6 Å². The van der Waals surface area contributed by atoms with Crippen molar-refractivity contribution in [2.24, 2.45) is 0 Å². The number of rotatable bonds is 11. The van der Waals surface area contributed by atoms with E-state index in [1.807, 2.05) is 61.0 Å². The number of para-hydroxylation sites is 1. The zero-order chi connectivity index (χ0) is 25.3. The highest BCUT2D eigenvalue weighted by atomic mass is 16.5. The minimum atomic E-state index is -0.187. The van der Waals surface area contributed by atoms with Gasteiger partial charge in [0.15, 0.2) is 23.9 Å². The van der Waals surface area contributed by atoms with Crippen LogP contribution in [-0.2, 0) is 16.1 Å². The zero-order valence-corrected chi connectivity index (χ0v) is 21.1. The van der Waals surface area contributed by atoms with Gasteiger partial charge in [-0.15, -0.1) is 5.10 Å². The van der Waals surface area contributed by atoms with Crippen LogP contribution in [0.4, 0.5) is 11.6 Å². The monoisotopic (exact) mass is 494 g/mol. The Kier molecular flexibility index (Phi) is 8.75. The lowest BCUT2D eigenvalue weighted by atomic mass is 10.2. The molecule has 1 amide bonds. The van der Waals surface area contributed by atoms with E-state index >= 15 is 0 Å². The third kappa shape index (κ3) is 6.96. The molecule has 0 atom stereocenters. The lowest BCUT2D eigenvalue weighted by Gasteiger charge is -2.26.